The molecule has 0 atom stereocenters. The Morgan fingerprint density at radius 1 is 1.11 bits per heavy atom. The minimum Gasteiger partial charge on any atom is -1.00 e. The number of rotatable bonds is 0. The average molecular weight is 205 g/mol. The van der Waals surface area contributed by atoms with Gasteiger partial charge in [0.1, 0.15) is 0 Å². The Bertz CT molecular complexity index is 24.6. The fraction of sp³-hybridized carbons (Fsp3) is 0.833. The van der Waals surface area contributed by atoms with Crippen molar-refractivity contribution in [3.05, 3.63) is 6.92 Å². The molecule has 52 valence electrons. The largest absolute Gasteiger partial charge is 2.00 e. The minimum atomic E-state index is 0. The minimum absolute atomic E-state index is 0. The molecule has 0 unspecified atom stereocenters. The first-order valence-corrected chi connectivity index (χ1v) is 2.78. The van der Waals surface area contributed by atoms with Crippen molar-refractivity contribution >= 4 is 23.1 Å². The third-order valence-corrected chi connectivity index (χ3v) is 0.827. The fourth-order valence-corrected chi connectivity index (χ4v) is 0.510. The zero-order valence-corrected chi connectivity index (χ0v) is 9.03. The quantitative estimate of drug-likeness (QED) is 0.337. The van der Waals surface area contributed by atoms with Crippen LogP contribution >= 0.6 is 0 Å². The maximum Gasteiger partial charge on any atom is 2.00 e. The summed E-state index contributed by atoms with van der Waals surface area (Å²) in [6.45, 7) is 7.00. The third-order valence-electron chi connectivity index (χ3n) is 0.827. The number of hydrogen-bond acceptors (Lipinski definition) is 1. The molecule has 0 bridgehead atoms. The van der Waals surface area contributed by atoms with Gasteiger partial charge in [0.05, 0.1) is 0 Å². The second-order valence-electron chi connectivity index (χ2n) is 1.32. The second-order valence-corrected chi connectivity index (χ2v) is 1.32. The molecule has 1 saturated heterocycles. The Kier molecular flexibility index (Phi) is 29.8. The summed E-state index contributed by atoms with van der Waals surface area (Å²) in [6, 6.07) is 0. The van der Waals surface area contributed by atoms with Gasteiger partial charge in [0.2, 0.25) is 0 Å². The van der Waals surface area contributed by atoms with Crippen LogP contribution in [-0.2, 0) is 4.74 Å². The van der Waals surface area contributed by atoms with Gasteiger partial charge in [-0.05, 0) is 12.8 Å². The van der Waals surface area contributed by atoms with E-state index < -0.39 is 0 Å². The Hall–Kier alpha value is 1.21. The SMILES string of the molecule is C1CCOC1.[Br-].[CH2-]C.[Mg+2]. The molecule has 0 aromatic heterocycles. The zero-order chi connectivity index (χ0) is 5.54. The van der Waals surface area contributed by atoms with Crippen LogP contribution in [0.1, 0.15) is 19.8 Å². The molecule has 0 amide bonds. The van der Waals surface area contributed by atoms with Crippen LogP contribution in [0.3, 0.4) is 0 Å². The molecule has 0 aromatic carbocycles. The first-order valence-electron chi connectivity index (χ1n) is 2.78. The van der Waals surface area contributed by atoms with E-state index in [-0.39, 0.29) is 40.0 Å². The van der Waals surface area contributed by atoms with Gasteiger partial charge in [0.25, 0.3) is 0 Å². The second kappa shape index (κ2) is 16.1. The molecule has 1 aliphatic rings. The van der Waals surface area contributed by atoms with Crippen LogP contribution in [0.15, 0.2) is 0 Å². The fourth-order valence-electron chi connectivity index (χ4n) is 0.510. The van der Waals surface area contributed by atoms with Crippen molar-refractivity contribution in [2.45, 2.75) is 19.8 Å². The van der Waals surface area contributed by atoms with Crippen molar-refractivity contribution in [1.29, 1.82) is 0 Å². The molecule has 1 nitrogen and oxygen atoms in total. The smallest absolute Gasteiger partial charge is 1.00 e. The van der Waals surface area contributed by atoms with Crippen molar-refractivity contribution < 1.29 is 21.7 Å². The summed E-state index contributed by atoms with van der Waals surface area (Å²) in [7, 11) is 0. The van der Waals surface area contributed by atoms with E-state index in [9.17, 15) is 0 Å². The Morgan fingerprint density at radius 2 is 1.44 bits per heavy atom. The van der Waals surface area contributed by atoms with Crippen molar-refractivity contribution in [3.63, 3.8) is 0 Å². The van der Waals surface area contributed by atoms with Crippen molar-refractivity contribution in [2.75, 3.05) is 13.2 Å². The zero-order valence-electron chi connectivity index (χ0n) is 6.03. The van der Waals surface area contributed by atoms with Crippen LogP contribution in [-0.4, -0.2) is 36.3 Å². The number of ether oxygens (including phenoxy) is 1. The van der Waals surface area contributed by atoms with Crippen LogP contribution in [0.5, 0.6) is 0 Å². The van der Waals surface area contributed by atoms with Gasteiger partial charge in [-0.1, -0.05) is 0 Å². The van der Waals surface area contributed by atoms with E-state index >= 15 is 0 Å². The normalized spacial score (nSPS) is 14.0. The first-order chi connectivity index (χ1) is 3.50. The Morgan fingerprint density at radius 3 is 1.56 bits per heavy atom. The molecule has 9 heavy (non-hydrogen) atoms. The summed E-state index contributed by atoms with van der Waals surface area (Å²) in [6.07, 6.45) is 2.56. The summed E-state index contributed by atoms with van der Waals surface area (Å²) in [5, 5.41) is 0. The van der Waals surface area contributed by atoms with Gasteiger partial charge in [-0.2, -0.15) is 6.92 Å². The molecule has 1 aliphatic heterocycles. The third kappa shape index (κ3) is 12.4. The number of halogens is 1. The first kappa shape index (κ1) is 16.7. The Labute approximate surface area is 84.5 Å². The molecule has 0 saturated carbocycles. The van der Waals surface area contributed by atoms with Crippen LogP contribution in [0, 0.1) is 6.92 Å². The molecule has 3 heteroatoms. The number of hydrogen-bond donors (Lipinski definition) is 0. The van der Waals surface area contributed by atoms with Gasteiger partial charge in [0, 0.05) is 13.2 Å². The molecular formula is C6H13BrMgO. The van der Waals surface area contributed by atoms with Gasteiger partial charge in [-0.25, -0.2) is 0 Å². The maximum absolute atomic E-state index is 4.94. The van der Waals surface area contributed by atoms with Crippen LogP contribution in [0.2, 0.25) is 0 Å². The van der Waals surface area contributed by atoms with Crippen LogP contribution in [0.4, 0.5) is 0 Å². The summed E-state index contributed by atoms with van der Waals surface area (Å²) in [5.74, 6) is 0. The van der Waals surface area contributed by atoms with E-state index in [4.69, 9.17) is 4.74 Å². The van der Waals surface area contributed by atoms with Crippen molar-refractivity contribution in [1.82, 2.24) is 0 Å². The molecule has 0 spiro atoms. The van der Waals surface area contributed by atoms with E-state index in [0.29, 0.717) is 0 Å². The monoisotopic (exact) mass is 204 g/mol. The average Bonchev–Trinajstić information content (AvgIpc) is 2.23. The van der Waals surface area contributed by atoms with Crippen LogP contribution < -0.4 is 17.0 Å². The summed E-state index contributed by atoms with van der Waals surface area (Å²) in [4.78, 5) is 0. The standard InChI is InChI=1S/C4H8O.C2H5.BrH.Mg/c1-2-4-5-3-1;1-2;;/h1-4H2;1H2,2H3;1H;/q;-1;;+2/p-1. The van der Waals surface area contributed by atoms with Gasteiger partial charge < -0.3 is 28.6 Å². The predicted molar refractivity (Wildman–Crippen MR) is 36.8 cm³/mol. The van der Waals surface area contributed by atoms with Crippen molar-refractivity contribution in [2.24, 2.45) is 0 Å². The predicted octanol–water partition coefficient (Wildman–Crippen LogP) is -1.74. The molecule has 0 radical (unpaired) electrons. The van der Waals surface area contributed by atoms with Gasteiger partial charge in [0.15, 0.2) is 0 Å². The summed E-state index contributed by atoms with van der Waals surface area (Å²) in [5.41, 5.74) is 0. The van der Waals surface area contributed by atoms with Gasteiger partial charge in [-0.15, -0.1) is 0 Å². The topological polar surface area (TPSA) is 9.23 Å². The maximum atomic E-state index is 4.94. The van der Waals surface area contributed by atoms with Crippen molar-refractivity contribution in [3.8, 4) is 0 Å². The Balaban J connectivity index is -0.0000000836. The van der Waals surface area contributed by atoms with E-state index in [1.54, 1.807) is 6.92 Å². The molecule has 1 rings (SSSR count). The van der Waals surface area contributed by atoms with E-state index in [1.807, 2.05) is 0 Å². The van der Waals surface area contributed by atoms with Gasteiger partial charge in [-0.3, -0.25) is 0 Å². The van der Waals surface area contributed by atoms with E-state index in [2.05, 4.69) is 6.92 Å². The van der Waals surface area contributed by atoms with E-state index in [1.165, 1.54) is 12.8 Å². The van der Waals surface area contributed by atoms with Gasteiger partial charge >= 0.3 is 23.1 Å². The van der Waals surface area contributed by atoms with Crippen LogP contribution in [0.25, 0.3) is 0 Å². The van der Waals surface area contributed by atoms with E-state index in [0.717, 1.165) is 13.2 Å². The molecule has 1 fully saturated rings. The molecule has 0 aliphatic carbocycles. The summed E-state index contributed by atoms with van der Waals surface area (Å²) >= 11 is 0. The molecule has 0 N–H and O–H groups in total. The molecular weight excluding hydrogens is 192 g/mol. The summed E-state index contributed by atoms with van der Waals surface area (Å²) < 4.78 is 4.94. The molecule has 0 aromatic rings. The molecule has 1 heterocycles.